The number of aliphatic hydroxyl groups excluding tert-OH is 1. The fourth-order valence-electron chi connectivity index (χ4n) is 1.27. The van der Waals surface area contributed by atoms with Crippen molar-refractivity contribution in [3.05, 3.63) is 28.8 Å². The normalized spacial score (nSPS) is 12.9. The Bertz CT molecular complexity index is 287. The van der Waals surface area contributed by atoms with Gasteiger partial charge in [-0.15, -0.1) is 0 Å². The quantitative estimate of drug-likeness (QED) is 0.785. The lowest BCUT2D eigenvalue weighted by atomic mass is 10.0. The first-order valence-electron chi connectivity index (χ1n) is 4.10. The highest BCUT2D eigenvalue weighted by Crippen LogP contribution is 2.26. The molecule has 0 bridgehead atoms. The van der Waals surface area contributed by atoms with Gasteiger partial charge in [-0.1, -0.05) is 15.9 Å². The summed E-state index contributed by atoms with van der Waals surface area (Å²) in [6.45, 7) is 3.65. The van der Waals surface area contributed by atoms with E-state index in [0.29, 0.717) is 11.1 Å². The van der Waals surface area contributed by atoms with Gasteiger partial charge in [-0.05, 0) is 42.7 Å². The molecule has 0 aliphatic heterocycles. The van der Waals surface area contributed by atoms with Crippen molar-refractivity contribution < 1.29 is 10.2 Å². The van der Waals surface area contributed by atoms with E-state index in [1.165, 1.54) is 0 Å². The summed E-state index contributed by atoms with van der Waals surface area (Å²) in [6.07, 6.45) is -0.502. The summed E-state index contributed by atoms with van der Waals surface area (Å²) in [5.74, 6) is 0.311. The van der Waals surface area contributed by atoms with Crippen LogP contribution in [0.5, 0.6) is 5.75 Å². The van der Waals surface area contributed by atoms with Crippen molar-refractivity contribution in [2.45, 2.75) is 20.0 Å². The number of rotatable bonds is 2. The standard InChI is InChI=1S/C10H13BrO2/c1-6-3-8(9(12)5-11)4-7(2)10(6)13/h3-4,9,12-13H,5H2,1-2H3. The molecule has 0 aliphatic rings. The molecule has 0 saturated carbocycles. The van der Waals surface area contributed by atoms with Crippen LogP contribution in [-0.2, 0) is 0 Å². The van der Waals surface area contributed by atoms with E-state index in [1.807, 2.05) is 13.8 Å². The minimum absolute atomic E-state index is 0.311. The predicted molar refractivity (Wildman–Crippen MR) is 56.3 cm³/mol. The molecule has 2 nitrogen and oxygen atoms in total. The highest BCUT2D eigenvalue weighted by molar-refractivity contribution is 9.09. The summed E-state index contributed by atoms with van der Waals surface area (Å²) in [7, 11) is 0. The molecule has 0 amide bonds. The average molecular weight is 245 g/mol. The molecule has 0 radical (unpaired) electrons. The molecule has 1 aromatic carbocycles. The molecular formula is C10H13BrO2. The second kappa shape index (κ2) is 4.11. The van der Waals surface area contributed by atoms with Crippen LogP contribution >= 0.6 is 15.9 Å². The van der Waals surface area contributed by atoms with Crippen LogP contribution in [0.2, 0.25) is 0 Å². The van der Waals surface area contributed by atoms with E-state index in [0.717, 1.165) is 16.7 Å². The maximum absolute atomic E-state index is 9.54. The molecule has 13 heavy (non-hydrogen) atoms. The van der Waals surface area contributed by atoms with Gasteiger partial charge in [0.05, 0.1) is 6.10 Å². The van der Waals surface area contributed by atoms with E-state index < -0.39 is 6.10 Å². The molecule has 1 unspecified atom stereocenters. The Morgan fingerprint density at radius 3 is 2.15 bits per heavy atom. The van der Waals surface area contributed by atoms with Gasteiger partial charge >= 0.3 is 0 Å². The molecule has 2 N–H and O–H groups in total. The van der Waals surface area contributed by atoms with Gasteiger partial charge in [0.1, 0.15) is 5.75 Å². The van der Waals surface area contributed by atoms with Crippen LogP contribution in [0, 0.1) is 13.8 Å². The van der Waals surface area contributed by atoms with Gasteiger partial charge in [-0.2, -0.15) is 0 Å². The molecule has 0 aromatic heterocycles. The largest absolute Gasteiger partial charge is 0.507 e. The summed E-state index contributed by atoms with van der Waals surface area (Å²) in [5.41, 5.74) is 2.44. The highest BCUT2D eigenvalue weighted by Gasteiger charge is 2.09. The molecule has 1 aromatic rings. The molecule has 72 valence electrons. The van der Waals surface area contributed by atoms with Crippen molar-refractivity contribution in [3.8, 4) is 5.75 Å². The Balaban J connectivity index is 3.13. The van der Waals surface area contributed by atoms with Crippen LogP contribution < -0.4 is 0 Å². The lowest BCUT2D eigenvalue weighted by molar-refractivity contribution is 0.205. The lowest BCUT2D eigenvalue weighted by Gasteiger charge is -2.11. The minimum atomic E-state index is -0.502. The molecule has 0 aliphatic carbocycles. The molecule has 1 rings (SSSR count). The zero-order valence-corrected chi connectivity index (χ0v) is 9.30. The van der Waals surface area contributed by atoms with Crippen LogP contribution in [0.3, 0.4) is 0 Å². The van der Waals surface area contributed by atoms with Crippen LogP contribution in [0.1, 0.15) is 22.8 Å². The number of alkyl halides is 1. The number of aromatic hydroxyl groups is 1. The number of benzene rings is 1. The van der Waals surface area contributed by atoms with Gasteiger partial charge in [-0.3, -0.25) is 0 Å². The van der Waals surface area contributed by atoms with Gasteiger partial charge in [0, 0.05) is 5.33 Å². The Hall–Kier alpha value is -0.540. The monoisotopic (exact) mass is 244 g/mol. The third kappa shape index (κ3) is 2.23. The van der Waals surface area contributed by atoms with Gasteiger partial charge in [0.2, 0.25) is 0 Å². The maximum Gasteiger partial charge on any atom is 0.121 e. The third-order valence-corrected chi connectivity index (χ3v) is 2.66. The smallest absolute Gasteiger partial charge is 0.121 e. The first-order chi connectivity index (χ1) is 6.06. The van der Waals surface area contributed by atoms with Crippen molar-refractivity contribution in [1.82, 2.24) is 0 Å². The minimum Gasteiger partial charge on any atom is -0.507 e. The summed E-state index contributed by atoms with van der Waals surface area (Å²) < 4.78 is 0. The van der Waals surface area contributed by atoms with E-state index in [9.17, 15) is 10.2 Å². The first kappa shape index (κ1) is 10.5. The van der Waals surface area contributed by atoms with E-state index in [1.54, 1.807) is 12.1 Å². The number of halogens is 1. The number of aliphatic hydroxyl groups is 1. The van der Waals surface area contributed by atoms with Crippen molar-refractivity contribution >= 4 is 15.9 Å². The van der Waals surface area contributed by atoms with Crippen LogP contribution in [0.4, 0.5) is 0 Å². The fourth-order valence-corrected chi connectivity index (χ4v) is 1.64. The van der Waals surface area contributed by atoms with E-state index in [2.05, 4.69) is 15.9 Å². The molecule has 0 saturated heterocycles. The van der Waals surface area contributed by atoms with Gasteiger partial charge < -0.3 is 10.2 Å². The molecule has 0 fully saturated rings. The van der Waals surface area contributed by atoms with Crippen molar-refractivity contribution in [1.29, 1.82) is 0 Å². The summed E-state index contributed by atoms with van der Waals surface area (Å²) in [4.78, 5) is 0. The van der Waals surface area contributed by atoms with Crippen molar-refractivity contribution in [2.24, 2.45) is 0 Å². The second-order valence-corrected chi connectivity index (χ2v) is 3.82. The predicted octanol–water partition coefficient (Wildman–Crippen LogP) is 2.44. The van der Waals surface area contributed by atoms with Gasteiger partial charge in [0.25, 0.3) is 0 Å². The summed E-state index contributed by atoms with van der Waals surface area (Å²) in [6, 6.07) is 3.60. The number of aryl methyl sites for hydroxylation is 2. The zero-order chi connectivity index (χ0) is 10.0. The molecule has 0 heterocycles. The molecule has 1 atom stereocenters. The van der Waals surface area contributed by atoms with Crippen molar-refractivity contribution in [2.75, 3.05) is 5.33 Å². The third-order valence-electron chi connectivity index (χ3n) is 2.04. The second-order valence-electron chi connectivity index (χ2n) is 3.17. The van der Waals surface area contributed by atoms with Gasteiger partial charge in [-0.25, -0.2) is 0 Å². The van der Waals surface area contributed by atoms with E-state index >= 15 is 0 Å². The van der Waals surface area contributed by atoms with Crippen LogP contribution in [-0.4, -0.2) is 15.5 Å². The van der Waals surface area contributed by atoms with Crippen LogP contribution in [0.15, 0.2) is 12.1 Å². The number of phenolic OH excluding ortho intramolecular Hbond substituents is 1. The average Bonchev–Trinajstić information content (AvgIpc) is 2.12. The number of phenols is 1. The summed E-state index contributed by atoms with van der Waals surface area (Å²) >= 11 is 3.21. The zero-order valence-electron chi connectivity index (χ0n) is 7.71. The SMILES string of the molecule is Cc1cc(C(O)CBr)cc(C)c1O. The Morgan fingerprint density at radius 2 is 1.77 bits per heavy atom. The fraction of sp³-hybridized carbons (Fsp3) is 0.400. The van der Waals surface area contributed by atoms with Crippen LogP contribution in [0.25, 0.3) is 0 Å². The lowest BCUT2D eigenvalue weighted by Crippen LogP contribution is -1.99. The topological polar surface area (TPSA) is 40.5 Å². The number of hydrogen-bond donors (Lipinski definition) is 2. The molecule has 3 heteroatoms. The van der Waals surface area contributed by atoms with Gasteiger partial charge in [0.15, 0.2) is 0 Å². The summed E-state index contributed by atoms with van der Waals surface area (Å²) in [5, 5.41) is 19.5. The molecular weight excluding hydrogens is 232 g/mol. The first-order valence-corrected chi connectivity index (χ1v) is 5.22. The Kier molecular flexibility index (Phi) is 3.33. The molecule has 0 spiro atoms. The van der Waals surface area contributed by atoms with E-state index in [4.69, 9.17) is 0 Å². The van der Waals surface area contributed by atoms with Crippen molar-refractivity contribution in [3.63, 3.8) is 0 Å². The Labute approximate surface area is 86.3 Å². The highest BCUT2D eigenvalue weighted by atomic mass is 79.9. The maximum atomic E-state index is 9.54. The van der Waals surface area contributed by atoms with E-state index in [-0.39, 0.29) is 0 Å². The number of hydrogen-bond acceptors (Lipinski definition) is 2. The Morgan fingerprint density at radius 1 is 1.31 bits per heavy atom.